The third kappa shape index (κ3) is 3.99. The molecule has 1 heterocycles. The van der Waals surface area contributed by atoms with E-state index in [2.05, 4.69) is 0 Å². The maximum atomic E-state index is 12.7. The molecule has 0 aromatic heterocycles. The molecule has 148 valence electrons. The van der Waals surface area contributed by atoms with Crippen molar-refractivity contribution in [2.75, 3.05) is 33.3 Å². The number of rotatable bonds is 6. The van der Waals surface area contributed by atoms with Crippen molar-refractivity contribution in [3.05, 3.63) is 29.8 Å². The summed E-state index contributed by atoms with van der Waals surface area (Å²) in [6.07, 6.45) is 3.17. The highest BCUT2D eigenvalue weighted by Gasteiger charge is 2.41. The molecule has 0 radical (unpaired) electrons. The van der Waals surface area contributed by atoms with Crippen molar-refractivity contribution >= 4 is 21.9 Å². The van der Waals surface area contributed by atoms with E-state index in [1.54, 1.807) is 12.0 Å². The Kier molecular flexibility index (Phi) is 5.55. The molecule has 0 atom stereocenters. The lowest BCUT2D eigenvalue weighted by Crippen LogP contribution is -2.52. The fourth-order valence-corrected chi connectivity index (χ4v) is 4.93. The van der Waals surface area contributed by atoms with E-state index in [0.717, 1.165) is 19.3 Å². The maximum absolute atomic E-state index is 12.7. The van der Waals surface area contributed by atoms with Gasteiger partial charge < -0.3 is 14.7 Å². The second-order valence-corrected chi connectivity index (χ2v) is 8.97. The lowest BCUT2D eigenvalue weighted by molar-refractivity contribution is -0.145. The van der Waals surface area contributed by atoms with Crippen LogP contribution in [0.3, 0.4) is 0 Å². The van der Waals surface area contributed by atoms with Crippen LogP contribution in [0.2, 0.25) is 0 Å². The topological polar surface area (TPSA) is 104 Å². The van der Waals surface area contributed by atoms with E-state index in [1.165, 1.54) is 28.6 Å². The Bertz CT molecular complexity index is 803. The summed E-state index contributed by atoms with van der Waals surface area (Å²) in [5.41, 5.74) is -0.306. The molecule has 3 rings (SSSR count). The highest BCUT2D eigenvalue weighted by atomic mass is 32.2. The minimum absolute atomic E-state index is 0.000547. The Morgan fingerprint density at radius 2 is 1.70 bits per heavy atom. The minimum atomic E-state index is -3.71. The quantitative estimate of drug-likeness (QED) is 0.774. The maximum Gasteiger partial charge on any atom is 0.335 e. The zero-order chi connectivity index (χ0) is 19.7. The van der Waals surface area contributed by atoms with Gasteiger partial charge in [-0.2, -0.15) is 4.31 Å². The molecule has 2 fully saturated rings. The van der Waals surface area contributed by atoms with Crippen LogP contribution in [0.5, 0.6) is 0 Å². The lowest BCUT2D eigenvalue weighted by Gasteiger charge is -2.42. The summed E-state index contributed by atoms with van der Waals surface area (Å²) in [7, 11) is -2.08. The number of aromatic carboxylic acids is 1. The van der Waals surface area contributed by atoms with Gasteiger partial charge in [0.25, 0.3) is 0 Å². The number of carbonyl (C=O) groups excluding carboxylic acids is 1. The van der Waals surface area contributed by atoms with Gasteiger partial charge >= 0.3 is 5.97 Å². The Balaban J connectivity index is 1.60. The molecule has 1 aromatic carbocycles. The Labute approximate surface area is 158 Å². The molecule has 1 aromatic rings. The summed E-state index contributed by atoms with van der Waals surface area (Å²) in [5.74, 6) is -1.11. The Hall–Kier alpha value is -1.97. The van der Waals surface area contributed by atoms with Crippen LogP contribution >= 0.6 is 0 Å². The third-order valence-corrected chi connectivity index (χ3v) is 7.41. The van der Waals surface area contributed by atoms with Gasteiger partial charge in [0.2, 0.25) is 15.9 Å². The van der Waals surface area contributed by atoms with Crippen LogP contribution in [0.1, 0.15) is 36.0 Å². The number of hydrogen-bond acceptors (Lipinski definition) is 5. The first-order valence-corrected chi connectivity index (χ1v) is 10.4. The number of benzene rings is 1. The number of piperazine rings is 1. The molecule has 0 bridgehead atoms. The molecule has 1 saturated heterocycles. The van der Waals surface area contributed by atoms with Crippen LogP contribution in [-0.4, -0.2) is 73.5 Å². The van der Waals surface area contributed by atoms with Crippen LogP contribution in [0.4, 0.5) is 0 Å². The third-order valence-electron chi connectivity index (χ3n) is 5.50. The van der Waals surface area contributed by atoms with Crippen molar-refractivity contribution in [3.8, 4) is 0 Å². The van der Waals surface area contributed by atoms with E-state index < -0.39 is 16.0 Å². The summed E-state index contributed by atoms with van der Waals surface area (Å²) < 4.78 is 32.3. The number of carbonyl (C=O) groups is 2. The zero-order valence-corrected chi connectivity index (χ0v) is 16.1. The average molecular weight is 396 g/mol. The SMILES string of the molecule is COC1(CC(=O)N2CCN(S(=O)(=O)c3ccc(C(=O)O)cc3)CC2)CCC1. The van der Waals surface area contributed by atoms with Gasteiger partial charge in [0, 0.05) is 33.3 Å². The number of hydrogen-bond donors (Lipinski definition) is 1. The second kappa shape index (κ2) is 7.57. The number of amides is 1. The molecule has 0 spiro atoms. The lowest BCUT2D eigenvalue weighted by atomic mass is 9.77. The number of methoxy groups -OCH3 is 1. The normalized spacial score (nSPS) is 20.1. The first kappa shape index (κ1) is 19.8. The first-order valence-electron chi connectivity index (χ1n) is 8.94. The smallest absolute Gasteiger partial charge is 0.335 e. The average Bonchev–Trinajstić information content (AvgIpc) is 2.64. The van der Waals surface area contributed by atoms with Crippen molar-refractivity contribution in [1.82, 2.24) is 9.21 Å². The summed E-state index contributed by atoms with van der Waals surface area (Å²) >= 11 is 0. The van der Waals surface area contributed by atoms with Gasteiger partial charge in [0.1, 0.15) is 0 Å². The molecule has 9 heteroatoms. The number of nitrogens with zero attached hydrogens (tertiary/aromatic N) is 2. The molecular formula is C18H24N2O6S. The van der Waals surface area contributed by atoms with E-state index in [0.29, 0.717) is 19.5 Å². The van der Waals surface area contributed by atoms with Gasteiger partial charge in [-0.25, -0.2) is 13.2 Å². The van der Waals surface area contributed by atoms with Crippen molar-refractivity contribution in [1.29, 1.82) is 0 Å². The predicted octanol–water partition coefficient (Wildman–Crippen LogP) is 1.18. The summed E-state index contributed by atoms with van der Waals surface area (Å²) in [6.45, 7) is 1.11. The van der Waals surface area contributed by atoms with E-state index in [4.69, 9.17) is 9.84 Å². The van der Waals surface area contributed by atoms with Crippen molar-refractivity contribution in [2.24, 2.45) is 0 Å². The molecule has 27 heavy (non-hydrogen) atoms. The molecule has 1 aliphatic heterocycles. The van der Waals surface area contributed by atoms with Crippen LogP contribution < -0.4 is 0 Å². The number of carboxylic acid groups (broad SMARTS) is 1. The summed E-state index contributed by atoms with van der Waals surface area (Å²) in [4.78, 5) is 25.2. The van der Waals surface area contributed by atoms with Crippen molar-refractivity contribution < 1.29 is 27.9 Å². The standard InChI is InChI=1S/C18H24N2O6S/c1-26-18(7-2-8-18)13-16(21)19-9-11-20(12-10-19)27(24,25)15-5-3-14(4-6-15)17(22)23/h3-6H,2,7-13H2,1H3,(H,22,23). The molecule has 1 amide bonds. The van der Waals surface area contributed by atoms with Crippen LogP contribution in [-0.2, 0) is 19.6 Å². The van der Waals surface area contributed by atoms with Crippen molar-refractivity contribution in [2.45, 2.75) is 36.2 Å². The van der Waals surface area contributed by atoms with Gasteiger partial charge in [-0.15, -0.1) is 0 Å². The molecule has 2 aliphatic rings. The van der Waals surface area contributed by atoms with Crippen LogP contribution in [0.25, 0.3) is 0 Å². The van der Waals surface area contributed by atoms with Crippen LogP contribution in [0, 0.1) is 0 Å². The first-order chi connectivity index (χ1) is 12.8. The minimum Gasteiger partial charge on any atom is -0.478 e. The summed E-state index contributed by atoms with van der Waals surface area (Å²) in [5, 5.41) is 8.92. The van der Waals surface area contributed by atoms with E-state index in [1.807, 2.05) is 0 Å². The Morgan fingerprint density at radius 1 is 1.11 bits per heavy atom. The number of carboxylic acids is 1. The highest BCUT2D eigenvalue weighted by Crippen LogP contribution is 2.38. The zero-order valence-electron chi connectivity index (χ0n) is 15.3. The van der Waals surface area contributed by atoms with Gasteiger partial charge in [0.05, 0.1) is 22.5 Å². The monoisotopic (exact) mass is 396 g/mol. The van der Waals surface area contributed by atoms with Gasteiger partial charge in [0.15, 0.2) is 0 Å². The largest absolute Gasteiger partial charge is 0.478 e. The van der Waals surface area contributed by atoms with E-state index in [9.17, 15) is 18.0 Å². The number of ether oxygens (including phenoxy) is 1. The van der Waals surface area contributed by atoms with Gasteiger partial charge in [-0.1, -0.05) is 0 Å². The molecule has 1 saturated carbocycles. The summed E-state index contributed by atoms with van der Waals surface area (Å²) in [6, 6.07) is 5.15. The number of sulfonamides is 1. The fraction of sp³-hybridized carbons (Fsp3) is 0.556. The van der Waals surface area contributed by atoms with Gasteiger partial charge in [-0.3, -0.25) is 4.79 Å². The molecule has 1 N–H and O–H groups in total. The highest BCUT2D eigenvalue weighted by molar-refractivity contribution is 7.89. The molecule has 8 nitrogen and oxygen atoms in total. The van der Waals surface area contributed by atoms with E-state index >= 15 is 0 Å². The van der Waals surface area contributed by atoms with Crippen molar-refractivity contribution in [3.63, 3.8) is 0 Å². The molecular weight excluding hydrogens is 372 g/mol. The second-order valence-electron chi connectivity index (χ2n) is 7.03. The fourth-order valence-electron chi connectivity index (χ4n) is 3.51. The van der Waals surface area contributed by atoms with E-state index in [-0.39, 0.29) is 35.1 Å². The molecule has 0 unspecified atom stereocenters. The molecule has 1 aliphatic carbocycles. The Morgan fingerprint density at radius 3 is 2.15 bits per heavy atom. The van der Waals surface area contributed by atoms with Gasteiger partial charge in [-0.05, 0) is 43.5 Å². The van der Waals surface area contributed by atoms with Crippen LogP contribution in [0.15, 0.2) is 29.2 Å². The predicted molar refractivity (Wildman–Crippen MR) is 96.9 cm³/mol.